The molecule has 2 nitrogen and oxygen atoms in total. The molecule has 0 unspecified atom stereocenters. The number of rotatable bonds is 3. The summed E-state index contributed by atoms with van der Waals surface area (Å²) in [7, 11) is 0. The van der Waals surface area contributed by atoms with E-state index in [9.17, 15) is 13.2 Å². The second-order valence-electron chi connectivity index (χ2n) is 3.63. The number of hydrogen-bond acceptors (Lipinski definition) is 3. The Kier molecular flexibility index (Phi) is 3.61. The van der Waals surface area contributed by atoms with Gasteiger partial charge in [0.05, 0.1) is 25.0 Å². The summed E-state index contributed by atoms with van der Waals surface area (Å²) in [4.78, 5) is 4.03. The van der Waals surface area contributed by atoms with Crippen LogP contribution in [-0.4, -0.2) is 23.7 Å². The zero-order valence-corrected chi connectivity index (χ0v) is 9.76. The van der Waals surface area contributed by atoms with Crippen molar-refractivity contribution in [3.8, 4) is 0 Å². The van der Waals surface area contributed by atoms with Gasteiger partial charge in [0.25, 0.3) is 0 Å². The zero-order valence-electron chi connectivity index (χ0n) is 8.94. The van der Waals surface area contributed by atoms with Gasteiger partial charge < -0.3 is 4.31 Å². The molecule has 0 radical (unpaired) electrons. The average molecular weight is 260 g/mol. The van der Waals surface area contributed by atoms with Crippen molar-refractivity contribution in [2.45, 2.75) is 11.9 Å². The Labute approximate surface area is 102 Å². The Morgan fingerprint density at radius 1 is 1.35 bits per heavy atom. The fourth-order valence-electron chi connectivity index (χ4n) is 1.46. The quantitative estimate of drug-likeness (QED) is 0.776. The third kappa shape index (κ3) is 3.39. The van der Waals surface area contributed by atoms with Crippen LogP contribution >= 0.6 is 11.9 Å². The first kappa shape index (κ1) is 12.3. The summed E-state index contributed by atoms with van der Waals surface area (Å²) in [6, 6.07) is 5.43. The van der Waals surface area contributed by atoms with Crippen LogP contribution in [0.2, 0.25) is 0 Å². The monoisotopic (exact) mass is 260 g/mol. The van der Waals surface area contributed by atoms with Crippen molar-refractivity contribution in [1.29, 1.82) is 0 Å². The van der Waals surface area contributed by atoms with Crippen molar-refractivity contribution in [2.75, 3.05) is 13.1 Å². The third-order valence-corrected chi connectivity index (χ3v) is 3.38. The molecule has 6 heteroatoms. The van der Waals surface area contributed by atoms with Crippen LogP contribution in [0.3, 0.4) is 0 Å². The highest BCUT2D eigenvalue weighted by Gasteiger charge is 2.30. The van der Waals surface area contributed by atoms with Crippen LogP contribution in [-0.2, 0) is 11.9 Å². The minimum atomic E-state index is -4.27. The molecule has 1 aliphatic heterocycles. The van der Waals surface area contributed by atoms with E-state index in [-0.39, 0.29) is 0 Å². The van der Waals surface area contributed by atoms with Crippen molar-refractivity contribution in [3.63, 3.8) is 0 Å². The van der Waals surface area contributed by atoms with Crippen LogP contribution in [0, 0.1) is 0 Å². The molecule has 17 heavy (non-hydrogen) atoms. The van der Waals surface area contributed by atoms with E-state index in [1.165, 1.54) is 24.1 Å². The first-order valence-electron chi connectivity index (χ1n) is 5.11. The average Bonchev–Trinajstić information content (AvgIpc) is 2.78. The van der Waals surface area contributed by atoms with Crippen molar-refractivity contribution in [2.24, 2.45) is 4.99 Å². The van der Waals surface area contributed by atoms with Crippen molar-refractivity contribution in [1.82, 2.24) is 4.31 Å². The lowest BCUT2D eigenvalue weighted by molar-refractivity contribution is -0.137. The first-order chi connectivity index (χ1) is 8.05. The Balaban J connectivity index is 1.98. The Bertz CT molecular complexity index is 417. The second-order valence-corrected chi connectivity index (χ2v) is 4.65. The number of benzene rings is 1. The van der Waals surface area contributed by atoms with Gasteiger partial charge in [-0.25, -0.2) is 0 Å². The van der Waals surface area contributed by atoms with E-state index in [1.807, 2.05) is 4.31 Å². The second kappa shape index (κ2) is 5.00. The van der Waals surface area contributed by atoms with Crippen LogP contribution < -0.4 is 0 Å². The molecular formula is C11H11F3N2S. The standard InChI is InChI=1S/C11H11F3N2S/c12-11(13,14)10-3-1-2-9(6-10)7-17-16-5-4-15-8-16/h1-3,6,8H,4-5,7H2. The normalized spacial score (nSPS) is 15.6. The number of nitrogens with zero attached hydrogens (tertiary/aromatic N) is 2. The molecule has 0 spiro atoms. The van der Waals surface area contributed by atoms with Crippen LogP contribution in [0.15, 0.2) is 29.3 Å². The maximum absolute atomic E-state index is 12.5. The van der Waals surface area contributed by atoms with E-state index < -0.39 is 11.7 Å². The van der Waals surface area contributed by atoms with Gasteiger partial charge in [0, 0.05) is 5.75 Å². The summed E-state index contributed by atoms with van der Waals surface area (Å²) in [5, 5.41) is 0. The van der Waals surface area contributed by atoms with Gasteiger partial charge in [-0.3, -0.25) is 4.99 Å². The van der Waals surface area contributed by atoms with Gasteiger partial charge in [-0.15, -0.1) is 0 Å². The van der Waals surface area contributed by atoms with Crippen molar-refractivity contribution < 1.29 is 13.2 Å². The van der Waals surface area contributed by atoms with Crippen LogP contribution in [0.25, 0.3) is 0 Å². The molecule has 0 N–H and O–H groups in total. The molecule has 1 aliphatic rings. The molecule has 1 heterocycles. The maximum Gasteiger partial charge on any atom is 0.416 e. The Morgan fingerprint density at radius 2 is 2.18 bits per heavy atom. The lowest BCUT2D eigenvalue weighted by atomic mass is 10.1. The molecule has 1 aromatic carbocycles. The van der Waals surface area contributed by atoms with Gasteiger partial charge >= 0.3 is 6.18 Å². The third-order valence-electron chi connectivity index (χ3n) is 2.31. The van der Waals surface area contributed by atoms with Gasteiger partial charge in [-0.1, -0.05) is 18.2 Å². The molecule has 1 aromatic rings. The summed E-state index contributed by atoms with van der Waals surface area (Å²) in [5.41, 5.74) is 0.0795. The van der Waals surface area contributed by atoms with Crippen molar-refractivity contribution >= 4 is 18.3 Å². The molecule has 92 valence electrons. The van der Waals surface area contributed by atoms with E-state index in [1.54, 1.807) is 12.4 Å². The number of aliphatic imine (C=N–C) groups is 1. The van der Waals surface area contributed by atoms with E-state index in [4.69, 9.17) is 0 Å². The summed E-state index contributed by atoms with van der Waals surface area (Å²) in [6.07, 6.45) is -2.55. The van der Waals surface area contributed by atoms with Gasteiger partial charge in [0.15, 0.2) is 0 Å². The molecular weight excluding hydrogens is 249 g/mol. The van der Waals surface area contributed by atoms with Crippen LogP contribution in [0.4, 0.5) is 13.2 Å². The molecule has 0 aliphatic carbocycles. The molecule has 0 bridgehead atoms. The molecule has 0 saturated heterocycles. The molecule has 0 atom stereocenters. The van der Waals surface area contributed by atoms with E-state index in [0.717, 1.165) is 19.2 Å². The van der Waals surface area contributed by atoms with Crippen LogP contribution in [0.1, 0.15) is 11.1 Å². The van der Waals surface area contributed by atoms with Gasteiger partial charge in [0.2, 0.25) is 0 Å². The highest BCUT2D eigenvalue weighted by atomic mass is 32.2. The minimum Gasteiger partial charge on any atom is -0.305 e. The molecule has 2 rings (SSSR count). The highest BCUT2D eigenvalue weighted by Crippen LogP contribution is 2.30. The first-order valence-corrected chi connectivity index (χ1v) is 6.05. The number of hydrogen-bond donors (Lipinski definition) is 0. The predicted molar refractivity (Wildman–Crippen MR) is 62.8 cm³/mol. The summed E-state index contributed by atoms with van der Waals surface area (Å²) in [6.45, 7) is 1.58. The van der Waals surface area contributed by atoms with E-state index >= 15 is 0 Å². The molecule has 0 amide bonds. The van der Waals surface area contributed by atoms with Gasteiger partial charge in [-0.2, -0.15) is 13.2 Å². The number of halogens is 3. The van der Waals surface area contributed by atoms with E-state index in [2.05, 4.69) is 4.99 Å². The Hall–Kier alpha value is -1.17. The van der Waals surface area contributed by atoms with Gasteiger partial charge in [-0.05, 0) is 23.6 Å². The summed E-state index contributed by atoms with van der Waals surface area (Å²) < 4.78 is 39.3. The molecule has 0 saturated carbocycles. The topological polar surface area (TPSA) is 15.6 Å². The fraction of sp³-hybridized carbons (Fsp3) is 0.364. The predicted octanol–water partition coefficient (Wildman–Crippen LogP) is 3.20. The van der Waals surface area contributed by atoms with Crippen molar-refractivity contribution in [3.05, 3.63) is 35.4 Å². The highest BCUT2D eigenvalue weighted by molar-refractivity contribution is 7.96. The summed E-state index contributed by atoms with van der Waals surface area (Å²) in [5.74, 6) is 0.524. The summed E-state index contributed by atoms with van der Waals surface area (Å²) >= 11 is 1.47. The largest absolute Gasteiger partial charge is 0.416 e. The SMILES string of the molecule is FC(F)(F)c1cccc(CSN2C=NCC2)c1. The lowest BCUT2D eigenvalue weighted by Gasteiger charge is -2.13. The van der Waals surface area contributed by atoms with E-state index in [0.29, 0.717) is 11.3 Å². The minimum absolute atomic E-state index is 0.524. The Morgan fingerprint density at radius 3 is 2.82 bits per heavy atom. The smallest absolute Gasteiger partial charge is 0.305 e. The van der Waals surface area contributed by atoms with Gasteiger partial charge in [0.1, 0.15) is 0 Å². The zero-order chi connectivity index (χ0) is 12.3. The number of alkyl halides is 3. The van der Waals surface area contributed by atoms with Crippen LogP contribution in [0.5, 0.6) is 0 Å². The molecule has 0 aromatic heterocycles. The maximum atomic E-state index is 12.5. The lowest BCUT2D eigenvalue weighted by Crippen LogP contribution is -2.10. The fourth-order valence-corrected chi connectivity index (χ4v) is 2.29. The molecule has 0 fully saturated rings.